The number of carbonyl (C=O) groups excluding carboxylic acids is 2. The van der Waals surface area contributed by atoms with Gasteiger partial charge in [0.2, 0.25) is 5.91 Å². The van der Waals surface area contributed by atoms with Crippen molar-refractivity contribution in [2.45, 2.75) is 39.2 Å². The number of hydrogen-bond acceptors (Lipinski definition) is 3. The highest BCUT2D eigenvalue weighted by Gasteiger charge is 2.41. The molecule has 2 rings (SSSR count). The normalized spacial score (nSPS) is 14.3. The molecule has 0 aliphatic carbocycles. The number of rotatable bonds is 6. The van der Waals surface area contributed by atoms with Gasteiger partial charge in [-0.15, -0.1) is 0 Å². The zero-order valence-corrected chi connectivity index (χ0v) is 17.3. The molecular formula is C21H23Cl2NO3. The highest BCUT2D eigenvalue weighted by molar-refractivity contribution is 6.42. The van der Waals surface area contributed by atoms with E-state index in [9.17, 15) is 9.59 Å². The SMILES string of the molecule is CC(C(=O)NC(C)(C(=O)Oc1ccccc1)C(C)C)c1ccc(Cl)c(Cl)c1. The monoisotopic (exact) mass is 407 g/mol. The molecular weight excluding hydrogens is 385 g/mol. The van der Waals surface area contributed by atoms with Crippen molar-refractivity contribution in [3.8, 4) is 5.75 Å². The van der Waals surface area contributed by atoms with E-state index in [0.29, 0.717) is 21.4 Å². The molecule has 4 nitrogen and oxygen atoms in total. The summed E-state index contributed by atoms with van der Waals surface area (Å²) in [5.41, 5.74) is -0.471. The first-order valence-corrected chi connectivity index (χ1v) is 9.45. The summed E-state index contributed by atoms with van der Waals surface area (Å²) in [7, 11) is 0. The van der Waals surface area contributed by atoms with Crippen molar-refractivity contribution in [1.82, 2.24) is 5.32 Å². The molecule has 0 saturated heterocycles. The number of halogens is 2. The first-order valence-electron chi connectivity index (χ1n) is 8.69. The van der Waals surface area contributed by atoms with Crippen LogP contribution in [0.4, 0.5) is 0 Å². The Morgan fingerprint density at radius 2 is 1.63 bits per heavy atom. The Morgan fingerprint density at radius 1 is 1.00 bits per heavy atom. The third-order valence-corrected chi connectivity index (χ3v) is 5.49. The first-order chi connectivity index (χ1) is 12.6. The van der Waals surface area contributed by atoms with Gasteiger partial charge in [-0.05, 0) is 49.6 Å². The van der Waals surface area contributed by atoms with Gasteiger partial charge in [0.1, 0.15) is 11.3 Å². The second-order valence-corrected chi connectivity index (χ2v) is 7.76. The summed E-state index contributed by atoms with van der Waals surface area (Å²) in [5, 5.41) is 3.66. The van der Waals surface area contributed by atoms with Crippen molar-refractivity contribution in [3.05, 3.63) is 64.1 Å². The number of ether oxygens (including phenoxy) is 1. The lowest BCUT2D eigenvalue weighted by molar-refractivity contribution is -0.146. The van der Waals surface area contributed by atoms with Gasteiger partial charge in [-0.25, -0.2) is 4.79 Å². The van der Waals surface area contributed by atoms with Crippen LogP contribution in [0.15, 0.2) is 48.5 Å². The molecule has 2 atom stereocenters. The molecule has 6 heteroatoms. The summed E-state index contributed by atoms with van der Waals surface area (Å²) in [6.07, 6.45) is 0. The topological polar surface area (TPSA) is 55.4 Å². The van der Waals surface area contributed by atoms with E-state index in [4.69, 9.17) is 27.9 Å². The number of benzene rings is 2. The van der Waals surface area contributed by atoms with Gasteiger partial charge in [-0.2, -0.15) is 0 Å². The highest BCUT2D eigenvalue weighted by atomic mass is 35.5. The largest absolute Gasteiger partial charge is 0.425 e. The number of hydrogen-bond donors (Lipinski definition) is 1. The van der Waals surface area contributed by atoms with Crippen LogP contribution in [0.5, 0.6) is 5.75 Å². The van der Waals surface area contributed by atoms with Crippen LogP contribution < -0.4 is 10.1 Å². The third kappa shape index (κ3) is 5.02. The van der Waals surface area contributed by atoms with E-state index in [2.05, 4.69) is 5.32 Å². The average molecular weight is 408 g/mol. The fraction of sp³-hybridized carbons (Fsp3) is 0.333. The Kier molecular flexibility index (Phi) is 6.90. The van der Waals surface area contributed by atoms with Gasteiger partial charge in [0, 0.05) is 0 Å². The summed E-state index contributed by atoms with van der Waals surface area (Å²) in [4.78, 5) is 25.6. The van der Waals surface area contributed by atoms with Crippen molar-refractivity contribution >= 4 is 35.1 Å². The first kappa shape index (κ1) is 21.3. The zero-order chi connectivity index (χ0) is 20.2. The molecule has 0 fully saturated rings. The predicted molar refractivity (Wildman–Crippen MR) is 108 cm³/mol. The van der Waals surface area contributed by atoms with Crippen molar-refractivity contribution in [3.63, 3.8) is 0 Å². The lowest BCUT2D eigenvalue weighted by Crippen LogP contribution is -2.58. The van der Waals surface area contributed by atoms with E-state index in [0.717, 1.165) is 0 Å². The molecule has 0 radical (unpaired) electrons. The summed E-state index contributed by atoms with van der Waals surface area (Å²) in [6, 6.07) is 13.8. The molecule has 0 spiro atoms. The van der Waals surface area contributed by atoms with Crippen molar-refractivity contribution in [1.29, 1.82) is 0 Å². The average Bonchev–Trinajstić information content (AvgIpc) is 2.63. The molecule has 27 heavy (non-hydrogen) atoms. The number of nitrogens with one attached hydrogen (secondary N) is 1. The Labute approximate surface area is 169 Å². The van der Waals surface area contributed by atoms with Crippen LogP contribution in [-0.4, -0.2) is 17.4 Å². The van der Waals surface area contributed by atoms with Crippen LogP contribution in [0, 0.1) is 5.92 Å². The second kappa shape index (κ2) is 8.77. The minimum Gasteiger partial charge on any atom is -0.425 e. The van der Waals surface area contributed by atoms with Gasteiger partial charge in [0.15, 0.2) is 0 Å². The molecule has 0 saturated carbocycles. The second-order valence-electron chi connectivity index (χ2n) is 6.94. The van der Waals surface area contributed by atoms with E-state index >= 15 is 0 Å². The van der Waals surface area contributed by atoms with Gasteiger partial charge in [-0.1, -0.05) is 61.3 Å². The lowest BCUT2D eigenvalue weighted by atomic mass is 9.87. The number of carbonyl (C=O) groups is 2. The minimum atomic E-state index is -1.18. The molecule has 144 valence electrons. The lowest BCUT2D eigenvalue weighted by Gasteiger charge is -2.33. The van der Waals surface area contributed by atoms with Crippen LogP contribution in [0.1, 0.15) is 39.2 Å². The van der Waals surface area contributed by atoms with Crippen LogP contribution >= 0.6 is 23.2 Å². The Balaban J connectivity index is 2.19. The molecule has 0 heterocycles. The minimum absolute atomic E-state index is 0.182. The number of para-hydroxylation sites is 1. The maximum absolute atomic E-state index is 12.8. The van der Waals surface area contributed by atoms with Crippen LogP contribution in [0.2, 0.25) is 10.0 Å². The Bertz CT molecular complexity index is 823. The quantitative estimate of drug-likeness (QED) is 0.526. The smallest absolute Gasteiger partial charge is 0.337 e. The van der Waals surface area contributed by atoms with Crippen LogP contribution in [0.25, 0.3) is 0 Å². The maximum Gasteiger partial charge on any atom is 0.337 e. The summed E-state index contributed by atoms with van der Waals surface area (Å²) in [6.45, 7) is 7.13. The van der Waals surface area contributed by atoms with E-state index in [1.165, 1.54) is 0 Å². The number of esters is 1. The van der Waals surface area contributed by atoms with E-state index in [-0.39, 0.29) is 11.8 Å². The predicted octanol–water partition coefficient (Wildman–Crippen LogP) is 5.23. The molecule has 0 aromatic heterocycles. The van der Waals surface area contributed by atoms with Crippen LogP contribution in [-0.2, 0) is 9.59 Å². The standard InChI is InChI=1S/C21H23Cl2NO3/c1-13(2)21(4,20(26)27-16-8-6-5-7-9-16)24-19(25)14(3)15-10-11-17(22)18(23)12-15/h5-14H,1-4H3,(H,24,25). The molecule has 1 N–H and O–H groups in total. The molecule has 2 aromatic carbocycles. The van der Waals surface area contributed by atoms with E-state index in [1.54, 1.807) is 56.3 Å². The van der Waals surface area contributed by atoms with Gasteiger partial charge >= 0.3 is 5.97 Å². The van der Waals surface area contributed by atoms with Crippen LogP contribution in [0.3, 0.4) is 0 Å². The van der Waals surface area contributed by atoms with E-state index < -0.39 is 17.4 Å². The summed E-state index contributed by atoms with van der Waals surface area (Å²) in [5.74, 6) is -1.07. The molecule has 0 aliphatic heterocycles. The van der Waals surface area contributed by atoms with Gasteiger partial charge in [-0.3, -0.25) is 4.79 Å². The van der Waals surface area contributed by atoms with Crippen molar-refractivity contribution < 1.29 is 14.3 Å². The van der Waals surface area contributed by atoms with Crippen molar-refractivity contribution in [2.75, 3.05) is 0 Å². The van der Waals surface area contributed by atoms with Gasteiger partial charge < -0.3 is 10.1 Å². The Hall–Kier alpha value is -2.04. The number of amides is 1. The third-order valence-electron chi connectivity index (χ3n) is 4.75. The molecule has 0 aliphatic rings. The molecule has 2 aromatic rings. The zero-order valence-electron chi connectivity index (χ0n) is 15.8. The molecule has 2 unspecified atom stereocenters. The van der Waals surface area contributed by atoms with Gasteiger partial charge in [0.25, 0.3) is 0 Å². The summed E-state index contributed by atoms with van der Waals surface area (Å²) < 4.78 is 5.47. The maximum atomic E-state index is 12.8. The molecule has 0 bridgehead atoms. The fourth-order valence-corrected chi connectivity index (χ4v) is 2.74. The van der Waals surface area contributed by atoms with Crippen molar-refractivity contribution in [2.24, 2.45) is 5.92 Å². The van der Waals surface area contributed by atoms with Gasteiger partial charge in [0.05, 0.1) is 16.0 Å². The molecule has 1 amide bonds. The highest BCUT2D eigenvalue weighted by Crippen LogP contribution is 2.28. The Morgan fingerprint density at radius 3 is 2.19 bits per heavy atom. The fourth-order valence-electron chi connectivity index (χ4n) is 2.43. The summed E-state index contributed by atoms with van der Waals surface area (Å²) >= 11 is 12.0. The van der Waals surface area contributed by atoms with E-state index in [1.807, 2.05) is 19.9 Å².